The summed E-state index contributed by atoms with van der Waals surface area (Å²) in [5.74, 6) is -0.905. The quantitative estimate of drug-likeness (QED) is 0.358. The third kappa shape index (κ3) is 3.19. The molecule has 0 saturated carbocycles. The van der Waals surface area contributed by atoms with Crippen LogP contribution in [0, 0.1) is 10.1 Å². The van der Waals surface area contributed by atoms with Crippen molar-refractivity contribution in [1.29, 1.82) is 0 Å². The molecule has 0 unspecified atom stereocenters. The Kier molecular flexibility index (Phi) is 5.13. The summed E-state index contributed by atoms with van der Waals surface area (Å²) in [5.41, 5.74) is 1.31. The number of non-ortho nitro benzene ring substituents is 1. The van der Waals surface area contributed by atoms with Gasteiger partial charge in [0.15, 0.2) is 0 Å². The van der Waals surface area contributed by atoms with Crippen LogP contribution < -0.4 is 0 Å². The summed E-state index contributed by atoms with van der Waals surface area (Å²) in [6.07, 6.45) is 2.22. The highest BCUT2D eigenvalue weighted by atomic mass is 16.6. The average Bonchev–Trinajstić information content (AvgIpc) is 2.79. The van der Waals surface area contributed by atoms with Crippen molar-refractivity contribution in [3.8, 4) is 0 Å². The van der Waals surface area contributed by atoms with E-state index in [1.807, 2.05) is 6.92 Å². The molecule has 126 valence electrons. The Morgan fingerprint density at radius 3 is 2.71 bits per heavy atom. The molecule has 0 saturated heterocycles. The van der Waals surface area contributed by atoms with Crippen molar-refractivity contribution in [3.05, 3.63) is 56.8 Å². The second-order valence-corrected chi connectivity index (χ2v) is 5.32. The molecule has 0 aromatic heterocycles. The normalized spacial score (nSPS) is 16.0. The van der Waals surface area contributed by atoms with Gasteiger partial charge in [-0.05, 0) is 25.0 Å². The molecule has 1 aromatic carbocycles. The monoisotopic (exact) mass is 330 g/mol. The minimum atomic E-state index is -0.601. The SMILES string of the molecule is CCCN1C(=O)/C(=C\c2cccc([N+](=O)[O-])c2)C(C(=O)OC)=C1C. The van der Waals surface area contributed by atoms with Crippen LogP contribution in [0.1, 0.15) is 25.8 Å². The first-order valence-electron chi connectivity index (χ1n) is 7.48. The van der Waals surface area contributed by atoms with Crippen molar-refractivity contribution in [3.63, 3.8) is 0 Å². The maximum Gasteiger partial charge on any atom is 0.340 e. The van der Waals surface area contributed by atoms with Gasteiger partial charge in [-0.2, -0.15) is 0 Å². The number of ether oxygens (including phenoxy) is 1. The number of carbonyl (C=O) groups excluding carboxylic acids is 2. The fourth-order valence-corrected chi connectivity index (χ4v) is 2.62. The summed E-state index contributed by atoms with van der Waals surface area (Å²) in [6, 6.07) is 5.89. The van der Waals surface area contributed by atoms with Gasteiger partial charge in [-0.3, -0.25) is 14.9 Å². The van der Waals surface area contributed by atoms with E-state index in [2.05, 4.69) is 0 Å². The number of hydrogen-bond acceptors (Lipinski definition) is 5. The Morgan fingerprint density at radius 2 is 2.12 bits per heavy atom. The number of nitro benzene ring substituents is 1. The van der Waals surface area contributed by atoms with Crippen LogP contribution >= 0.6 is 0 Å². The lowest BCUT2D eigenvalue weighted by molar-refractivity contribution is -0.384. The second kappa shape index (κ2) is 7.08. The number of methoxy groups -OCH3 is 1. The Labute approximate surface area is 139 Å². The third-order valence-corrected chi connectivity index (χ3v) is 3.74. The number of esters is 1. The predicted octanol–water partition coefficient (Wildman–Crippen LogP) is 2.68. The number of amides is 1. The summed E-state index contributed by atoms with van der Waals surface area (Å²) >= 11 is 0. The van der Waals surface area contributed by atoms with E-state index >= 15 is 0 Å². The zero-order valence-electron chi connectivity index (χ0n) is 13.7. The molecule has 1 aromatic rings. The maximum absolute atomic E-state index is 12.6. The van der Waals surface area contributed by atoms with E-state index in [9.17, 15) is 19.7 Å². The molecule has 0 bridgehead atoms. The van der Waals surface area contributed by atoms with Crippen molar-refractivity contribution >= 4 is 23.6 Å². The molecule has 1 aliphatic heterocycles. The predicted molar refractivity (Wildman–Crippen MR) is 87.8 cm³/mol. The molecular weight excluding hydrogens is 312 g/mol. The zero-order valence-corrected chi connectivity index (χ0v) is 13.7. The maximum atomic E-state index is 12.6. The fourth-order valence-electron chi connectivity index (χ4n) is 2.62. The van der Waals surface area contributed by atoms with E-state index in [0.717, 1.165) is 6.42 Å². The zero-order chi connectivity index (χ0) is 17.9. The molecule has 0 N–H and O–H groups in total. The van der Waals surface area contributed by atoms with E-state index in [1.165, 1.54) is 36.3 Å². The van der Waals surface area contributed by atoms with Gasteiger partial charge >= 0.3 is 5.97 Å². The van der Waals surface area contributed by atoms with Crippen molar-refractivity contribution in [2.45, 2.75) is 20.3 Å². The van der Waals surface area contributed by atoms with Gasteiger partial charge in [-0.25, -0.2) is 4.79 Å². The highest BCUT2D eigenvalue weighted by Gasteiger charge is 2.36. The van der Waals surface area contributed by atoms with Crippen molar-refractivity contribution in [2.75, 3.05) is 13.7 Å². The Morgan fingerprint density at radius 1 is 1.42 bits per heavy atom. The molecule has 7 nitrogen and oxygen atoms in total. The Bertz CT molecular complexity index is 764. The first-order valence-corrected chi connectivity index (χ1v) is 7.48. The van der Waals surface area contributed by atoms with Gasteiger partial charge in [0.2, 0.25) is 0 Å². The average molecular weight is 330 g/mol. The van der Waals surface area contributed by atoms with E-state index < -0.39 is 10.9 Å². The summed E-state index contributed by atoms with van der Waals surface area (Å²) in [7, 11) is 1.25. The number of nitro groups is 1. The van der Waals surface area contributed by atoms with Crippen LogP contribution in [0.3, 0.4) is 0 Å². The molecule has 7 heteroatoms. The summed E-state index contributed by atoms with van der Waals surface area (Å²) < 4.78 is 4.78. The number of rotatable bonds is 5. The molecule has 2 rings (SSSR count). The summed E-state index contributed by atoms with van der Waals surface area (Å²) in [6.45, 7) is 4.10. The Hall–Kier alpha value is -2.96. The van der Waals surface area contributed by atoms with Crippen LogP contribution in [-0.2, 0) is 14.3 Å². The van der Waals surface area contributed by atoms with Crippen LogP contribution in [0.4, 0.5) is 5.69 Å². The summed E-state index contributed by atoms with van der Waals surface area (Å²) in [5, 5.41) is 10.9. The van der Waals surface area contributed by atoms with Crippen LogP contribution in [0.5, 0.6) is 0 Å². The molecule has 1 amide bonds. The lowest BCUT2D eigenvalue weighted by Crippen LogP contribution is -2.25. The van der Waals surface area contributed by atoms with Crippen LogP contribution in [0.2, 0.25) is 0 Å². The summed E-state index contributed by atoms with van der Waals surface area (Å²) in [4.78, 5) is 36.6. The number of benzene rings is 1. The van der Waals surface area contributed by atoms with Gasteiger partial charge in [0.25, 0.3) is 11.6 Å². The van der Waals surface area contributed by atoms with Gasteiger partial charge in [0, 0.05) is 24.4 Å². The topological polar surface area (TPSA) is 89.8 Å². The molecule has 1 heterocycles. The van der Waals surface area contributed by atoms with Gasteiger partial charge in [-0.15, -0.1) is 0 Å². The number of nitrogens with zero attached hydrogens (tertiary/aromatic N) is 2. The third-order valence-electron chi connectivity index (χ3n) is 3.74. The van der Waals surface area contributed by atoms with Crippen LogP contribution in [-0.4, -0.2) is 35.4 Å². The first-order chi connectivity index (χ1) is 11.4. The molecule has 0 aliphatic carbocycles. The highest BCUT2D eigenvalue weighted by molar-refractivity contribution is 6.16. The molecule has 0 radical (unpaired) electrons. The second-order valence-electron chi connectivity index (χ2n) is 5.32. The van der Waals surface area contributed by atoms with E-state index in [4.69, 9.17) is 4.74 Å². The van der Waals surface area contributed by atoms with Crippen LogP contribution in [0.15, 0.2) is 41.1 Å². The molecule has 0 atom stereocenters. The lowest BCUT2D eigenvalue weighted by Gasteiger charge is -2.16. The van der Waals surface area contributed by atoms with E-state index in [1.54, 1.807) is 13.0 Å². The number of hydrogen-bond donors (Lipinski definition) is 0. The van der Waals surface area contributed by atoms with Crippen molar-refractivity contribution < 1.29 is 19.2 Å². The van der Waals surface area contributed by atoms with E-state index in [-0.39, 0.29) is 22.7 Å². The standard InChI is InChI=1S/C17H18N2O5/c1-4-8-18-11(2)15(17(21)24-3)14(16(18)20)10-12-6-5-7-13(9-12)19(22)23/h5-7,9-10H,4,8H2,1-3H3/b14-10-. The molecule has 0 fully saturated rings. The largest absolute Gasteiger partial charge is 0.465 e. The fraction of sp³-hybridized carbons (Fsp3) is 0.294. The van der Waals surface area contributed by atoms with Gasteiger partial charge in [0.1, 0.15) is 0 Å². The minimum absolute atomic E-state index is 0.0828. The van der Waals surface area contributed by atoms with Crippen LogP contribution in [0.25, 0.3) is 6.08 Å². The molecule has 24 heavy (non-hydrogen) atoms. The molecular formula is C17H18N2O5. The Balaban J connectivity index is 2.54. The van der Waals surface area contributed by atoms with Gasteiger partial charge in [-0.1, -0.05) is 19.1 Å². The number of allylic oxidation sites excluding steroid dienone is 1. The smallest absolute Gasteiger partial charge is 0.340 e. The van der Waals surface area contributed by atoms with Gasteiger partial charge < -0.3 is 9.64 Å². The first kappa shape index (κ1) is 17.4. The lowest BCUT2D eigenvalue weighted by atomic mass is 10.0. The van der Waals surface area contributed by atoms with Gasteiger partial charge in [0.05, 0.1) is 23.2 Å². The molecule has 1 aliphatic rings. The van der Waals surface area contributed by atoms with Crippen molar-refractivity contribution in [1.82, 2.24) is 4.90 Å². The molecule has 0 spiro atoms. The highest BCUT2D eigenvalue weighted by Crippen LogP contribution is 2.32. The van der Waals surface area contributed by atoms with E-state index in [0.29, 0.717) is 17.8 Å². The number of carbonyl (C=O) groups is 2. The van der Waals surface area contributed by atoms with Crippen molar-refractivity contribution in [2.24, 2.45) is 0 Å². The minimum Gasteiger partial charge on any atom is -0.465 e.